The molecule has 1 amide bonds. The van der Waals surface area contributed by atoms with Gasteiger partial charge in [0.25, 0.3) is 0 Å². The largest absolute Gasteiger partial charge is 0.487 e. The summed E-state index contributed by atoms with van der Waals surface area (Å²) in [5, 5.41) is 24.1. The van der Waals surface area contributed by atoms with Gasteiger partial charge in [-0.05, 0) is 87.3 Å². The van der Waals surface area contributed by atoms with E-state index in [0.29, 0.717) is 44.0 Å². The number of benzene rings is 1. The van der Waals surface area contributed by atoms with Gasteiger partial charge in [0, 0.05) is 43.9 Å². The lowest BCUT2D eigenvalue weighted by Crippen LogP contribution is -2.69. The Hall–Kier alpha value is -3.93. The maximum absolute atomic E-state index is 13.2. The summed E-state index contributed by atoms with van der Waals surface area (Å²) >= 11 is 0. The molecule has 1 aromatic heterocycles. The minimum absolute atomic E-state index is 0.116. The Morgan fingerprint density at radius 3 is 2.64 bits per heavy atom. The predicted octanol–water partition coefficient (Wildman–Crippen LogP) is 6.32. The number of unbranched alkanes of at least 4 members (excludes halogenated alkanes) is 2. The molecule has 1 fully saturated rings. The van der Waals surface area contributed by atoms with Crippen LogP contribution in [-0.4, -0.2) is 84.3 Å². The Balaban J connectivity index is 1.71. The molecule has 0 saturated heterocycles. The van der Waals surface area contributed by atoms with E-state index in [4.69, 9.17) is 23.8 Å². The quantitative estimate of drug-likeness (QED) is 0.111. The summed E-state index contributed by atoms with van der Waals surface area (Å²) in [5.74, 6) is -0.225. The van der Waals surface area contributed by atoms with E-state index in [1.165, 1.54) is 7.11 Å². The molecule has 5 rings (SSSR count). The van der Waals surface area contributed by atoms with Crippen LogP contribution in [0, 0.1) is 24.7 Å². The smallest absolute Gasteiger partial charge is 0.409 e. The summed E-state index contributed by atoms with van der Waals surface area (Å²) in [5.41, 5.74) is 4.48. The SMILES string of the molecule is C=CCOC12Oc3ccc(OCc4cccc(C)n4)cc3C3C(CCCCO)C(CCCCO)C=C(C(=NOCC)CC1N(C)C(=O)OC)C32. The zero-order valence-electron chi connectivity index (χ0n) is 29.9. The van der Waals surface area contributed by atoms with E-state index in [1.807, 2.05) is 44.2 Å². The van der Waals surface area contributed by atoms with E-state index in [0.717, 1.165) is 53.9 Å². The van der Waals surface area contributed by atoms with E-state index >= 15 is 0 Å². The second kappa shape index (κ2) is 17.3. The van der Waals surface area contributed by atoms with Crippen molar-refractivity contribution in [2.24, 2.45) is 22.9 Å². The Kier molecular flexibility index (Phi) is 12.9. The van der Waals surface area contributed by atoms with E-state index in [-0.39, 0.29) is 43.5 Å². The van der Waals surface area contributed by atoms with Crippen LogP contribution in [0.1, 0.15) is 74.7 Å². The van der Waals surface area contributed by atoms with Crippen molar-refractivity contribution < 1.29 is 38.8 Å². The summed E-state index contributed by atoms with van der Waals surface area (Å²) in [4.78, 5) is 25.1. The fourth-order valence-electron chi connectivity index (χ4n) is 8.07. The second-order valence-corrected chi connectivity index (χ2v) is 13.3. The van der Waals surface area contributed by atoms with E-state index in [9.17, 15) is 15.0 Å². The molecule has 2 aromatic rings. The normalized spacial score (nSPS) is 25.8. The molecule has 0 spiro atoms. The van der Waals surface area contributed by atoms with Crippen molar-refractivity contribution in [3.8, 4) is 11.5 Å². The minimum atomic E-state index is -1.31. The lowest BCUT2D eigenvalue weighted by molar-refractivity contribution is -0.253. The number of carbonyl (C=O) groups excluding carboxylic acids is 1. The summed E-state index contributed by atoms with van der Waals surface area (Å²) in [6, 6.07) is 11.2. The molecule has 50 heavy (non-hydrogen) atoms. The van der Waals surface area contributed by atoms with Crippen LogP contribution in [0.5, 0.6) is 11.5 Å². The van der Waals surface area contributed by atoms with E-state index in [2.05, 4.69) is 28.9 Å². The molecule has 6 unspecified atom stereocenters. The number of amides is 1. The summed E-state index contributed by atoms with van der Waals surface area (Å²) < 4.78 is 25.5. The zero-order valence-corrected chi connectivity index (χ0v) is 29.9. The van der Waals surface area contributed by atoms with Crippen molar-refractivity contribution >= 4 is 11.8 Å². The van der Waals surface area contributed by atoms with Crippen LogP contribution < -0.4 is 9.47 Å². The maximum Gasteiger partial charge on any atom is 0.409 e. The number of aryl methyl sites for hydroxylation is 1. The molecule has 272 valence electrons. The number of hydrogen-bond acceptors (Lipinski definition) is 10. The highest BCUT2D eigenvalue weighted by Gasteiger charge is 2.65. The molecule has 11 nitrogen and oxygen atoms in total. The molecule has 1 saturated carbocycles. The molecule has 3 aliphatic rings. The first-order valence-electron chi connectivity index (χ1n) is 17.9. The lowest BCUT2D eigenvalue weighted by atomic mass is 9.55. The number of aliphatic hydroxyl groups excluding tert-OH is 2. The highest BCUT2D eigenvalue weighted by atomic mass is 16.7. The molecule has 11 heteroatoms. The average molecular weight is 692 g/mol. The molecule has 6 atom stereocenters. The molecule has 2 aliphatic carbocycles. The molecule has 2 heterocycles. The van der Waals surface area contributed by atoms with Crippen molar-refractivity contribution in [1.29, 1.82) is 0 Å². The number of aliphatic hydroxyl groups is 2. The van der Waals surface area contributed by atoms with Crippen molar-refractivity contribution in [3.05, 3.63) is 77.7 Å². The molecular weight excluding hydrogens is 638 g/mol. The monoisotopic (exact) mass is 691 g/mol. The van der Waals surface area contributed by atoms with Gasteiger partial charge in [0.15, 0.2) is 0 Å². The van der Waals surface area contributed by atoms with E-state index in [1.54, 1.807) is 18.0 Å². The Bertz CT molecular complexity index is 1530. The first kappa shape index (κ1) is 37.3. The number of fused-ring (bicyclic) bond motifs is 2. The third kappa shape index (κ3) is 7.85. The summed E-state index contributed by atoms with van der Waals surface area (Å²) in [6.07, 6.45) is 8.62. The number of nitrogens with zero attached hydrogens (tertiary/aromatic N) is 3. The third-order valence-electron chi connectivity index (χ3n) is 10.2. The van der Waals surface area contributed by atoms with Gasteiger partial charge in [-0.25, -0.2) is 4.79 Å². The van der Waals surface area contributed by atoms with Gasteiger partial charge in [-0.15, -0.1) is 6.58 Å². The molecular formula is C39H53N3O8. The van der Waals surface area contributed by atoms with Gasteiger partial charge < -0.3 is 38.9 Å². The number of methoxy groups -OCH3 is 1. The van der Waals surface area contributed by atoms with Crippen LogP contribution in [0.2, 0.25) is 0 Å². The van der Waals surface area contributed by atoms with Gasteiger partial charge in [0.2, 0.25) is 5.79 Å². The fourth-order valence-corrected chi connectivity index (χ4v) is 8.07. The first-order chi connectivity index (χ1) is 24.3. The van der Waals surface area contributed by atoms with Crippen molar-refractivity contribution in [2.45, 2.75) is 83.1 Å². The Morgan fingerprint density at radius 1 is 1.16 bits per heavy atom. The van der Waals surface area contributed by atoms with Crippen molar-refractivity contribution in [2.75, 3.05) is 40.6 Å². The van der Waals surface area contributed by atoms with Gasteiger partial charge in [-0.3, -0.25) is 4.98 Å². The van der Waals surface area contributed by atoms with Crippen LogP contribution in [0.25, 0.3) is 0 Å². The Labute approximate surface area is 295 Å². The number of allylic oxidation sites excluding steroid dienone is 1. The van der Waals surface area contributed by atoms with Gasteiger partial charge in [-0.1, -0.05) is 36.2 Å². The van der Waals surface area contributed by atoms with E-state index < -0.39 is 17.9 Å². The standard InChI is InChI=1S/C39H53N3O8/c1-6-21-48-39-35(42(4)38(45)46-5)24-33(41-49-7-2)31-22-27(14-8-10-19-43)30(16-9-11-20-44)36(37(31)39)32-23-29(17-18-34(32)50-39)47-25-28-15-12-13-26(3)40-28/h6,12-13,15,17-18,22-23,27,30,35-37,43-44H,1,7-11,14,16,19-21,24-25H2,2-5H3. The molecule has 0 radical (unpaired) electrons. The van der Waals surface area contributed by atoms with Crippen LogP contribution >= 0.6 is 0 Å². The zero-order chi connectivity index (χ0) is 35.7. The maximum atomic E-state index is 13.2. The first-order valence-corrected chi connectivity index (χ1v) is 17.9. The van der Waals surface area contributed by atoms with Gasteiger partial charge in [0.05, 0.1) is 31.0 Å². The molecule has 2 N–H and O–H groups in total. The topological polar surface area (TPSA) is 132 Å². The van der Waals surface area contributed by atoms with Crippen LogP contribution in [0.15, 0.2) is 65.9 Å². The van der Waals surface area contributed by atoms with Crippen LogP contribution in [-0.2, 0) is 20.9 Å². The number of pyridine rings is 1. The van der Waals surface area contributed by atoms with Gasteiger partial charge in [-0.2, -0.15) is 0 Å². The second-order valence-electron chi connectivity index (χ2n) is 13.3. The molecule has 1 aromatic carbocycles. The fraction of sp³-hybridized carbons (Fsp3) is 0.564. The number of hydrogen-bond donors (Lipinski definition) is 2. The summed E-state index contributed by atoms with van der Waals surface area (Å²) in [7, 11) is 3.06. The number of carbonyl (C=O) groups is 1. The molecule has 0 bridgehead atoms. The Morgan fingerprint density at radius 2 is 1.94 bits per heavy atom. The number of aromatic nitrogens is 1. The highest BCUT2D eigenvalue weighted by molar-refractivity contribution is 6.02. The molecule has 1 aliphatic heterocycles. The number of likely N-dealkylation sites (N-methyl/N-ethyl adjacent to an activating group) is 1. The lowest BCUT2D eigenvalue weighted by Gasteiger charge is -2.59. The van der Waals surface area contributed by atoms with Crippen molar-refractivity contribution in [3.63, 3.8) is 0 Å². The minimum Gasteiger partial charge on any atom is -0.487 e. The van der Waals surface area contributed by atoms with Gasteiger partial charge >= 0.3 is 6.09 Å². The van der Waals surface area contributed by atoms with Crippen LogP contribution in [0.4, 0.5) is 4.79 Å². The van der Waals surface area contributed by atoms with Gasteiger partial charge in [0.1, 0.15) is 30.8 Å². The average Bonchev–Trinajstić information content (AvgIpc) is 3.13. The number of ether oxygens (including phenoxy) is 4. The third-order valence-corrected chi connectivity index (χ3v) is 10.2. The van der Waals surface area contributed by atoms with Crippen molar-refractivity contribution in [1.82, 2.24) is 9.88 Å². The number of rotatable bonds is 17. The number of oxime groups is 1. The summed E-state index contributed by atoms with van der Waals surface area (Å²) in [6.45, 7) is 8.94. The van der Waals surface area contributed by atoms with Crippen LogP contribution in [0.3, 0.4) is 0 Å². The predicted molar refractivity (Wildman–Crippen MR) is 190 cm³/mol. The highest BCUT2D eigenvalue weighted by Crippen LogP contribution is 2.61.